The third-order valence-electron chi connectivity index (χ3n) is 2.28. The van der Waals surface area contributed by atoms with Crippen molar-refractivity contribution in [3.63, 3.8) is 0 Å². The molecule has 72 valence electrons. The second kappa shape index (κ2) is 3.54. The molecule has 3 N–H and O–H groups in total. The first-order valence-corrected chi connectivity index (χ1v) is 4.69. The lowest BCUT2D eigenvalue weighted by Crippen LogP contribution is -1.93. The standard InChI is InChI=1S/C11H13N3/c1-2-8-3-4-10(12)9(7-8)11-13-5-6-14-11/h3-7H,2,12H2,1H3,(H,13,14). The lowest BCUT2D eigenvalue weighted by Gasteiger charge is -2.04. The molecule has 3 heteroatoms. The number of aromatic amines is 1. The lowest BCUT2D eigenvalue weighted by atomic mass is 10.1. The Morgan fingerprint density at radius 3 is 2.93 bits per heavy atom. The predicted octanol–water partition coefficient (Wildman–Crippen LogP) is 2.22. The Morgan fingerprint density at radius 1 is 1.43 bits per heavy atom. The fourth-order valence-electron chi connectivity index (χ4n) is 1.44. The van der Waals surface area contributed by atoms with Gasteiger partial charge in [0.2, 0.25) is 0 Å². The van der Waals surface area contributed by atoms with Gasteiger partial charge in [-0.3, -0.25) is 0 Å². The van der Waals surface area contributed by atoms with Crippen LogP contribution in [0, 0.1) is 0 Å². The van der Waals surface area contributed by atoms with Gasteiger partial charge in [-0.2, -0.15) is 0 Å². The molecule has 0 spiro atoms. The van der Waals surface area contributed by atoms with E-state index in [-0.39, 0.29) is 0 Å². The van der Waals surface area contributed by atoms with E-state index in [1.165, 1.54) is 5.56 Å². The number of nitrogens with zero attached hydrogens (tertiary/aromatic N) is 1. The van der Waals surface area contributed by atoms with Crippen LogP contribution in [0.3, 0.4) is 0 Å². The van der Waals surface area contributed by atoms with E-state index in [0.717, 1.165) is 23.5 Å². The number of aryl methyl sites for hydroxylation is 1. The molecule has 3 nitrogen and oxygen atoms in total. The van der Waals surface area contributed by atoms with Crippen LogP contribution in [0.1, 0.15) is 12.5 Å². The summed E-state index contributed by atoms with van der Waals surface area (Å²) in [6.45, 7) is 2.12. The molecular formula is C11H13N3. The van der Waals surface area contributed by atoms with E-state index in [4.69, 9.17) is 5.73 Å². The Labute approximate surface area is 83.0 Å². The summed E-state index contributed by atoms with van der Waals surface area (Å²) >= 11 is 0. The Hall–Kier alpha value is -1.77. The molecule has 0 radical (unpaired) electrons. The number of rotatable bonds is 2. The molecule has 2 rings (SSSR count). The Bertz CT molecular complexity index is 418. The predicted molar refractivity (Wildman–Crippen MR) is 57.8 cm³/mol. The SMILES string of the molecule is CCc1ccc(N)c(-c2ncc[nH]2)c1. The summed E-state index contributed by atoms with van der Waals surface area (Å²) < 4.78 is 0. The average molecular weight is 187 g/mol. The normalized spacial score (nSPS) is 10.4. The number of imidazole rings is 1. The van der Waals surface area contributed by atoms with Crippen molar-refractivity contribution in [1.82, 2.24) is 9.97 Å². The van der Waals surface area contributed by atoms with Crippen LogP contribution < -0.4 is 5.73 Å². The molecule has 0 atom stereocenters. The minimum Gasteiger partial charge on any atom is -0.398 e. The van der Waals surface area contributed by atoms with E-state index < -0.39 is 0 Å². The molecule has 0 saturated heterocycles. The first kappa shape index (κ1) is 8.81. The summed E-state index contributed by atoms with van der Waals surface area (Å²) in [4.78, 5) is 7.24. The molecule has 1 aromatic heterocycles. The van der Waals surface area contributed by atoms with E-state index >= 15 is 0 Å². The number of nitrogens with one attached hydrogen (secondary N) is 1. The summed E-state index contributed by atoms with van der Waals surface area (Å²) in [7, 11) is 0. The van der Waals surface area contributed by atoms with Gasteiger partial charge in [0.05, 0.1) is 0 Å². The zero-order valence-corrected chi connectivity index (χ0v) is 8.12. The molecule has 0 aliphatic rings. The maximum absolute atomic E-state index is 5.88. The molecule has 0 aliphatic heterocycles. The van der Waals surface area contributed by atoms with Gasteiger partial charge in [-0.05, 0) is 24.1 Å². The van der Waals surface area contributed by atoms with Crippen molar-refractivity contribution in [2.75, 3.05) is 5.73 Å². The van der Waals surface area contributed by atoms with Crippen LogP contribution in [0.2, 0.25) is 0 Å². The molecule has 1 aromatic carbocycles. The van der Waals surface area contributed by atoms with Crippen LogP contribution in [0.4, 0.5) is 5.69 Å². The van der Waals surface area contributed by atoms with Gasteiger partial charge in [0.1, 0.15) is 5.82 Å². The van der Waals surface area contributed by atoms with Gasteiger partial charge in [0, 0.05) is 23.6 Å². The van der Waals surface area contributed by atoms with Crippen molar-refractivity contribution in [3.8, 4) is 11.4 Å². The number of hydrogen-bond acceptors (Lipinski definition) is 2. The van der Waals surface area contributed by atoms with Crippen molar-refractivity contribution in [2.24, 2.45) is 0 Å². The highest BCUT2D eigenvalue weighted by molar-refractivity contribution is 5.72. The first-order chi connectivity index (χ1) is 6.81. The van der Waals surface area contributed by atoms with E-state index in [9.17, 15) is 0 Å². The second-order valence-electron chi connectivity index (χ2n) is 3.21. The molecule has 1 heterocycles. The maximum Gasteiger partial charge on any atom is 0.139 e. The van der Waals surface area contributed by atoms with Gasteiger partial charge in [-0.15, -0.1) is 0 Å². The topological polar surface area (TPSA) is 54.7 Å². The van der Waals surface area contributed by atoms with Crippen molar-refractivity contribution < 1.29 is 0 Å². The number of anilines is 1. The van der Waals surface area contributed by atoms with Crippen LogP contribution in [0.15, 0.2) is 30.6 Å². The molecule has 0 fully saturated rings. The van der Waals surface area contributed by atoms with Gasteiger partial charge >= 0.3 is 0 Å². The minimum absolute atomic E-state index is 0.761. The number of hydrogen-bond donors (Lipinski definition) is 2. The summed E-state index contributed by atoms with van der Waals surface area (Å²) in [5.41, 5.74) is 8.89. The van der Waals surface area contributed by atoms with Crippen LogP contribution in [-0.4, -0.2) is 9.97 Å². The number of nitrogen functional groups attached to an aromatic ring is 1. The van der Waals surface area contributed by atoms with Crippen LogP contribution in [0.25, 0.3) is 11.4 Å². The van der Waals surface area contributed by atoms with Crippen molar-refractivity contribution in [3.05, 3.63) is 36.2 Å². The Balaban J connectivity index is 2.51. The van der Waals surface area contributed by atoms with Crippen LogP contribution in [0.5, 0.6) is 0 Å². The van der Waals surface area contributed by atoms with Gasteiger partial charge in [-0.25, -0.2) is 4.98 Å². The van der Waals surface area contributed by atoms with E-state index in [2.05, 4.69) is 23.0 Å². The Morgan fingerprint density at radius 2 is 2.29 bits per heavy atom. The zero-order chi connectivity index (χ0) is 9.97. The van der Waals surface area contributed by atoms with Gasteiger partial charge in [0.25, 0.3) is 0 Å². The summed E-state index contributed by atoms with van der Waals surface area (Å²) in [6.07, 6.45) is 4.54. The second-order valence-corrected chi connectivity index (χ2v) is 3.21. The summed E-state index contributed by atoms with van der Waals surface area (Å²) in [5.74, 6) is 0.831. The fraction of sp³-hybridized carbons (Fsp3) is 0.182. The Kier molecular flexibility index (Phi) is 2.23. The lowest BCUT2D eigenvalue weighted by molar-refractivity contribution is 1.14. The third-order valence-corrected chi connectivity index (χ3v) is 2.28. The van der Waals surface area contributed by atoms with Gasteiger partial charge < -0.3 is 10.7 Å². The van der Waals surface area contributed by atoms with Crippen molar-refractivity contribution in [1.29, 1.82) is 0 Å². The van der Waals surface area contributed by atoms with Gasteiger partial charge in [-0.1, -0.05) is 13.0 Å². The van der Waals surface area contributed by atoms with Crippen molar-refractivity contribution in [2.45, 2.75) is 13.3 Å². The largest absolute Gasteiger partial charge is 0.398 e. The highest BCUT2D eigenvalue weighted by atomic mass is 14.9. The highest BCUT2D eigenvalue weighted by Crippen LogP contribution is 2.23. The van der Waals surface area contributed by atoms with Gasteiger partial charge in [0.15, 0.2) is 0 Å². The molecule has 0 aliphatic carbocycles. The fourth-order valence-corrected chi connectivity index (χ4v) is 1.44. The molecule has 0 unspecified atom stereocenters. The molecule has 0 amide bonds. The van der Waals surface area contributed by atoms with Crippen LogP contribution in [-0.2, 0) is 6.42 Å². The number of H-pyrrole nitrogens is 1. The third kappa shape index (κ3) is 1.48. The van der Waals surface area contributed by atoms with Crippen LogP contribution >= 0.6 is 0 Å². The summed E-state index contributed by atoms with van der Waals surface area (Å²) in [5, 5.41) is 0. The minimum atomic E-state index is 0.761. The molecule has 2 aromatic rings. The monoisotopic (exact) mass is 187 g/mol. The number of nitrogens with two attached hydrogens (primary N) is 1. The highest BCUT2D eigenvalue weighted by Gasteiger charge is 2.04. The molecular weight excluding hydrogens is 174 g/mol. The number of aromatic nitrogens is 2. The average Bonchev–Trinajstić information content (AvgIpc) is 2.71. The van der Waals surface area contributed by atoms with E-state index in [1.54, 1.807) is 12.4 Å². The van der Waals surface area contributed by atoms with Crippen molar-refractivity contribution >= 4 is 5.69 Å². The summed E-state index contributed by atoms with van der Waals surface area (Å²) in [6, 6.07) is 6.05. The smallest absolute Gasteiger partial charge is 0.139 e. The first-order valence-electron chi connectivity index (χ1n) is 4.69. The quantitative estimate of drug-likeness (QED) is 0.708. The zero-order valence-electron chi connectivity index (χ0n) is 8.12. The number of benzene rings is 1. The molecule has 14 heavy (non-hydrogen) atoms. The van der Waals surface area contributed by atoms with E-state index in [0.29, 0.717) is 0 Å². The van der Waals surface area contributed by atoms with E-state index in [1.807, 2.05) is 12.1 Å². The molecule has 0 saturated carbocycles. The molecule has 0 bridgehead atoms. The maximum atomic E-state index is 5.88.